The van der Waals surface area contributed by atoms with Crippen molar-refractivity contribution >= 4 is 5.95 Å². The average molecular weight is 179 g/mol. The third kappa shape index (κ3) is 1.63. The lowest BCUT2D eigenvalue weighted by Crippen LogP contribution is -2.04. The molecule has 7 heteroatoms. The number of aromatic nitrogens is 6. The second kappa shape index (κ2) is 3.21. The van der Waals surface area contributed by atoms with Gasteiger partial charge in [-0.15, -0.1) is 0 Å². The van der Waals surface area contributed by atoms with Crippen molar-refractivity contribution in [3.8, 4) is 0 Å². The molecule has 0 saturated heterocycles. The third-order valence-corrected chi connectivity index (χ3v) is 1.63. The molecular weight excluding hydrogens is 170 g/mol. The molecule has 0 unspecified atom stereocenters. The third-order valence-electron chi connectivity index (χ3n) is 1.63. The van der Waals surface area contributed by atoms with Crippen LogP contribution in [0.25, 0.3) is 0 Å². The summed E-state index contributed by atoms with van der Waals surface area (Å²) in [7, 11) is 1.78. The first-order chi connectivity index (χ1) is 6.36. The van der Waals surface area contributed by atoms with Crippen LogP contribution in [-0.2, 0) is 13.6 Å². The molecule has 7 nitrogen and oxygen atoms in total. The Labute approximate surface area is 74.1 Å². The zero-order chi connectivity index (χ0) is 9.10. The molecule has 68 valence electrons. The van der Waals surface area contributed by atoms with Gasteiger partial charge in [-0.05, 0) is 10.4 Å². The molecule has 0 aliphatic heterocycles. The summed E-state index contributed by atoms with van der Waals surface area (Å²) in [6.07, 6.45) is 3.56. The number of tetrazole rings is 1. The zero-order valence-electron chi connectivity index (χ0n) is 7.10. The van der Waals surface area contributed by atoms with Crippen LogP contribution in [0, 0.1) is 0 Å². The second-order valence-electron chi connectivity index (χ2n) is 2.59. The summed E-state index contributed by atoms with van der Waals surface area (Å²) in [5.74, 6) is 0.640. The first-order valence-corrected chi connectivity index (χ1v) is 3.80. The molecule has 0 radical (unpaired) electrons. The number of H-pyrrole nitrogens is 1. The van der Waals surface area contributed by atoms with Crippen molar-refractivity contribution < 1.29 is 0 Å². The maximum absolute atomic E-state index is 3.82. The Morgan fingerprint density at radius 3 is 3.15 bits per heavy atom. The molecule has 13 heavy (non-hydrogen) atoms. The van der Waals surface area contributed by atoms with Gasteiger partial charge in [0.05, 0.1) is 6.20 Å². The molecule has 2 N–H and O–H groups in total. The van der Waals surface area contributed by atoms with Crippen LogP contribution in [0.5, 0.6) is 0 Å². The van der Waals surface area contributed by atoms with Crippen LogP contribution in [-0.4, -0.2) is 30.4 Å². The smallest absolute Gasteiger partial charge is 0.242 e. The lowest BCUT2D eigenvalue weighted by molar-refractivity contribution is 0.712. The summed E-state index contributed by atoms with van der Waals surface area (Å²) in [6, 6.07) is 0. The molecule has 0 fully saturated rings. The topological polar surface area (TPSA) is 84.3 Å². The van der Waals surface area contributed by atoms with Crippen LogP contribution in [0.3, 0.4) is 0 Å². The minimum Gasteiger partial charge on any atom is -0.349 e. The van der Waals surface area contributed by atoms with Crippen molar-refractivity contribution in [2.24, 2.45) is 7.05 Å². The Morgan fingerprint density at radius 1 is 1.62 bits per heavy atom. The van der Waals surface area contributed by atoms with E-state index < -0.39 is 0 Å². The lowest BCUT2D eigenvalue weighted by Gasteiger charge is -2.00. The summed E-state index contributed by atoms with van der Waals surface area (Å²) < 4.78 is 1.57. The Bertz CT molecular complexity index is 362. The lowest BCUT2D eigenvalue weighted by atomic mass is 10.4. The van der Waals surface area contributed by atoms with E-state index in [0.29, 0.717) is 12.5 Å². The van der Waals surface area contributed by atoms with Gasteiger partial charge in [0.15, 0.2) is 0 Å². The Hall–Kier alpha value is -1.92. The normalized spacial score (nSPS) is 10.2. The largest absolute Gasteiger partial charge is 0.349 e. The first kappa shape index (κ1) is 7.71. The molecule has 0 aliphatic rings. The molecule has 2 rings (SSSR count). The number of anilines is 1. The van der Waals surface area contributed by atoms with Crippen LogP contribution < -0.4 is 5.32 Å². The quantitative estimate of drug-likeness (QED) is 0.666. The van der Waals surface area contributed by atoms with Gasteiger partial charge in [-0.25, -0.2) is 4.68 Å². The van der Waals surface area contributed by atoms with Crippen LogP contribution in [0.15, 0.2) is 12.4 Å². The van der Waals surface area contributed by atoms with Crippen molar-refractivity contribution in [3.63, 3.8) is 0 Å². The Balaban J connectivity index is 1.97. The predicted molar refractivity (Wildman–Crippen MR) is 44.7 cm³/mol. The Morgan fingerprint density at radius 2 is 2.54 bits per heavy atom. The monoisotopic (exact) mass is 179 g/mol. The summed E-state index contributed by atoms with van der Waals surface area (Å²) in [4.78, 5) is 0. The molecule has 0 amide bonds. The second-order valence-corrected chi connectivity index (χ2v) is 2.59. The highest BCUT2D eigenvalue weighted by atomic mass is 15.6. The van der Waals surface area contributed by atoms with E-state index in [1.54, 1.807) is 17.9 Å². The van der Waals surface area contributed by atoms with E-state index in [-0.39, 0.29) is 0 Å². The number of nitrogens with zero attached hydrogens (tertiary/aromatic N) is 5. The van der Waals surface area contributed by atoms with Gasteiger partial charge in [0.1, 0.15) is 0 Å². The highest BCUT2D eigenvalue weighted by Crippen LogP contribution is 2.00. The number of aromatic amines is 1. The van der Waals surface area contributed by atoms with E-state index in [2.05, 4.69) is 31.0 Å². The van der Waals surface area contributed by atoms with E-state index in [1.165, 1.54) is 0 Å². The minimum absolute atomic E-state index is 0.640. The van der Waals surface area contributed by atoms with Gasteiger partial charge >= 0.3 is 0 Å². The van der Waals surface area contributed by atoms with E-state index in [0.717, 1.165) is 5.56 Å². The van der Waals surface area contributed by atoms with Gasteiger partial charge in [0.25, 0.3) is 0 Å². The summed E-state index contributed by atoms with van der Waals surface area (Å²) in [6.45, 7) is 0.657. The summed E-state index contributed by atoms with van der Waals surface area (Å²) in [5, 5.41) is 20.6. The van der Waals surface area contributed by atoms with Crippen molar-refractivity contribution in [3.05, 3.63) is 18.0 Å². The molecule has 0 atom stereocenters. The maximum atomic E-state index is 3.82. The minimum atomic E-state index is 0.640. The van der Waals surface area contributed by atoms with Gasteiger partial charge < -0.3 is 5.32 Å². The molecule has 2 aromatic rings. The van der Waals surface area contributed by atoms with Crippen molar-refractivity contribution in [1.82, 2.24) is 30.4 Å². The number of hydrogen-bond acceptors (Lipinski definition) is 5. The number of hydrogen-bond donors (Lipinski definition) is 2. The molecule has 2 aromatic heterocycles. The molecule has 0 aliphatic carbocycles. The van der Waals surface area contributed by atoms with Crippen molar-refractivity contribution in [1.29, 1.82) is 0 Å². The van der Waals surface area contributed by atoms with Crippen LogP contribution in [0.1, 0.15) is 5.56 Å². The molecular formula is C6H9N7. The van der Waals surface area contributed by atoms with E-state index in [9.17, 15) is 0 Å². The van der Waals surface area contributed by atoms with Gasteiger partial charge in [-0.3, -0.25) is 5.10 Å². The van der Waals surface area contributed by atoms with Crippen LogP contribution in [0.4, 0.5) is 5.95 Å². The summed E-state index contributed by atoms with van der Waals surface area (Å²) >= 11 is 0. The van der Waals surface area contributed by atoms with Crippen LogP contribution in [0.2, 0.25) is 0 Å². The maximum Gasteiger partial charge on any atom is 0.242 e. The Kier molecular flexibility index (Phi) is 1.91. The zero-order valence-corrected chi connectivity index (χ0v) is 7.10. The van der Waals surface area contributed by atoms with E-state index in [4.69, 9.17) is 0 Å². The van der Waals surface area contributed by atoms with E-state index >= 15 is 0 Å². The number of aryl methyl sites for hydroxylation is 1. The number of rotatable bonds is 3. The first-order valence-electron chi connectivity index (χ1n) is 3.80. The fourth-order valence-corrected chi connectivity index (χ4v) is 0.935. The van der Waals surface area contributed by atoms with Gasteiger partial charge in [0, 0.05) is 25.4 Å². The van der Waals surface area contributed by atoms with Crippen LogP contribution >= 0.6 is 0 Å². The summed E-state index contributed by atoms with van der Waals surface area (Å²) in [5.41, 5.74) is 1.06. The SMILES string of the molecule is Cn1nnnc1NCc1cn[nH]c1. The molecule has 0 spiro atoms. The fourth-order valence-electron chi connectivity index (χ4n) is 0.935. The molecule has 2 heterocycles. The van der Waals surface area contributed by atoms with Gasteiger partial charge in [0.2, 0.25) is 5.95 Å². The fraction of sp³-hybridized carbons (Fsp3) is 0.333. The highest BCUT2D eigenvalue weighted by molar-refractivity contribution is 5.23. The van der Waals surface area contributed by atoms with Crippen molar-refractivity contribution in [2.45, 2.75) is 6.54 Å². The van der Waals surface area contributed by atoms with Crippen molar-refractivity contribution in [2.75, 3.05) is 5.32 Å². The predicted octanol–water partition coefficient (Wildman–Crippen LogP) is -0.455. The van der Waals surface area contributed by atoms with E-state index in [1.807, 2.05) is 6.20 Å². The standard InChI is InChI=1S/C6H9N7/c1-13-6(10-11-12-13)7-2-5-3-8-9-4-5/h3-4H,2H2,1H3,(H,8,9)(H,7,10,12). The molecule has 0 bridgehead atoms. The molecule has 0 saturated carbocycles. The van der Waals surface area contributed by atoms with Gasteiger partial charge in [-0.1, -0.05) is 5.10 Å². The van der Waals surface area contributed by atoms with Gasteiger partial charge in [-0.2, -0.15) is 5.10 Å². The highest BCUT2D eigenvalue weighted by Gasteiger charge is 2.00. The molecule has 0 aromatic carbocycles. The average Bonchev–Trinajstić information content (AvgIpc) is 2.72. The number of nitrogens with one attached hydrogen (secondary N) is 2.